The maximum atomic E-state index is 6.09. The first-order valence-electron chi connectivity index (χ1n) is 5.29. The summed E-state index contributed by atoms with van der Waals surface area (Å²) in [6.45, 7) is 3.70. The molecule has 2 rings (SSSR count). The van der Waals surface area contributed by atoms with Crippen LogP contribution in [-0.2, 0) is 11.2 Å². The molecule has 1 atom stereocenters. The van der Waals surface area contributed by atoms with Crippen molar-refractivity contribution >= 4 is 22.9 Å². The zero-order valence-corrected chi connectivity index (χ0v) is 10.5. The highest BCUT2D eigenvalue weighted by Gasteiger charge is 2.33. The molecule has 0 saturated carbocycles. The van der Waals surface area contributed by atoms with Crippen LogP contribution in [0.25, 0.3) is 0 Å². The first-order chi connectivity index (χ1) is 7.24. The topological polar surface area (TPSA) is 22.1 Å². The normalized spacial score (nSPS) is 26.8. The average molecular weight is 246 g/mol. The van der Waals surface area contributed by atoms with Gasteiger partial charge in [-0.25, -0.2) is 4.98 Å². The molecule has 1 saturated heterocycles. The van der Waals surface area contributed by atoms with Crippen molar-refractivity contribution in [2.45, 2.75) is 26.2 Å². The van der Waals surface area contributed by atoms with Gasteiger partial charge >= 0.3 is 0 Å². The molecule has 0 spiro atoms. The summed E-state index contributed by atoms with van der Waals surface area (Å²) in [7, 11) is 0. The molecular weight excluding hydrogens is 230 g/mol. The van der Waals surface area contributed by atoms with Crippen molar-refractivity contribution < 1.29 is 4.74 Å². The minimum atomic E-state index is 0.129. The van der Waals surface area contributed by atoms with Gasteiger partial charge in [-0.1, -0.05) is 0 Å². The summed E-state index contributed by atoms with van der Waals surface area (Å²) in [6.07, 6.45) is 3.25. The number of halogens is 1. The average Bonchev–Trinajstić information content (AvgIpc) is 2.65. The number of nitrogens with zero attached hydrogens (tertiary/aromatic N) is 1. The lowest BCUT2D eigenvalue weighted by atomic mass is 9.81. The number of ether oxygens (including phenoxy) is 1. The minimum absolute atomic E-state index is 0.129. The molecule has 0 amide bonds. The van der Waals surface area contributed by atoms with Gasteiger partial charge in [0.1, 0.15) is 0 Å². The Bertz CT molecular complexity index is 320. The van der Waals surface area contributed by atoms with Gasteiger partial charge in [0.15, 0.2) is 0 Å². The summed E-state index contributed by atoms with van der Waals surface area (Å²) in [6, 6.07) is 0. The van der Waals surface area contributed by atoms with Gasteiger partial charge in [-0.15, -0.1) is 22.9 Å². The summed E-state index contributed by atoms with van der Waals surface area (Å²) < 4.78 is 5.55. The van der Waals surface area contributed by atoms with Crippen LogP contribution < -0.4 is 0 Å². The van der Waals surface area contributed by atoms with E-state index in [1.54, 1.807) is 11.3 Å². The van der Waals surface area contributed by atoms with Gasteiger partial charge in [-0.3, -0.25) is 0 Å². The van der Waals surface area contributed by atoms with E-state index in [2.05, 4.69) is 10.4 Å². The fourth-order valence-corrected chi connectivity index (χ4v) is 3.26. The van der Waals surface area contributed by atoms with E-state index in [1.165, 1.54) is 5.01 Å². The summed E-state index contributed by atoms with van der Waals surface area (Å²) >= 11 is 7.82. The number of hydrogen-bond donors (Lipinski definition) is 0. The van der Waals surface area contributed by atoms with E-state index in [9.17, 15) is 0 Å². The minimum Gasteiger partial charge on any atom is -0.381 e. The second-order valence-corrected chi connectivity index (χ2v) is 5.56. The maximum absolute atomic E-state index is 6.09. The molecule has 84 valence electrons. The largest absolute Gasteiger partial charge is 0.381 e. The lowest BCUT2D eigenvalue weighted by molar-refractivity contribution is 0.00474. The van der Waals surface area contributed by atoms with Gasteiger partial charge in [0.05, 0.1) is 11.6 Å². The fourth-order valence-electron chi connectivity index (χ4n) is 2.01. The third-order valence-corrected chi connectivity index (χ3v) is 4.41. The first kappa shape index (κ1) is 11.4. The number of aromatic nitrogens is 1. The molecule has 4 heteroatoms. The van der Waals surface area contributed by atoms with Gasteiger partial charge in [0.25, 0.3) is 0 Å². The van der Waals surface area contributed by atoms with Crippen LogP contribution in [0.3, 0.4) is 0 Å². The highest BCUT2D eigenvalue weighted by molar-refractivity contribution is 7.09. The van der Waals surface area contributed by atoms with Gasteiger partial charge < -0.3 is 4.74 Å². The van der Waals surface area contributed by atoms with E-state index < -0.39 is 0 Å². The van der Waals surface area contributed by atoms with Crippen LogP contribution in [0.15, 0.2) is 5.38 Å². The second kappa shape index (κ2) is 4.81. The highest BCUT2D eigenvalue weighted by atomic mass is 35.5. The number of rotatable bonds is 3. The summed E-state index contributed by atoms with van der Waals surface area (Å²) in [5, 5.41) is 3.29. The van der Waals surface area contributed by atoms with Crippen LogP contribution >= 0.6 is 22.9 Å². The maximum Gasteiger partial charge on any atom is 0.0934 e. The Labute approximate surface area is 99.6 Å². The Hall–Kier alpha value is -0.120. The molecule has 0 aromatic carbocycles. The van der Waals surface area contributed by atoms with Crippen LogP contribution in [0.5, 0.6) is 0 Å². The number of thiazole rings is 1. The third-order valence-electron chi connectivity index (χ3n) is 2.88. The standard InChI is InChI=1S/C11H16ClNOS/c1-9-6-15-10(13-9)5-11(7-12)3-2-4-14-8-11/h6H,2-5,7-8H2,1H3. The van der Waals surface area contributed by atoms with Crippen LogP contribution in [0.4, 0.5) is 0 Å². The molecule has 0 aliphatic carbocycles. The Kier molecular flexibility index (Phi) is 3.65. The molecule has 1 unspecified atom stereocenters. The number of hydrogen-bond acceptors (Lipinski definition) is 3. The van der Waals surface area contributed by atoms with Crippen LogP contribution in [0.2, 0.25) is 0 Å². The van der Waals surface area contributed by atoms with E-state index in [0.717, 1.165) is 38.2 Å². The van der Waals surface area contributed by atoms with Crippen molar-refractivity contribution in [3.63, 3.8) is 0 Å². The monoisotopic (exact) mass is 245 g/mol. The number of alkyl halides is 1. The number of aryl methyl sites for hydroxylation is 1. The molecule has 2 heterocycles. The van der Waals surface area contributed by atoms with Gasteiger partial charge in [-0.2, -0.15) is 0 Å². The molecule has 2 nitrogen and oxygen atoms in total. The van der Waals surface area contributed by atoms with E-state index in [-0.39, 0.29) is 5.41 Å². The van der Waals surface area contributed by atoms with Crippen molar-refractivity contribution in [2.75, 3.05) is 19.1 Å². The molecule has 1 aliphatic rings. The van der Waals surface area contributed by atoms with E-state index in [1.807, 2.05) is 6.92 Å². The quantitative estimate of drug-likeness (QED) is 0.764. The lowest BCUT2D eigenvalue weighted by Crippen LogP contribution is -2.35. The Balaban J connectivity index is 2.06. The molecule has 0 N–H and O–H groups in total. The van der Waals surface area contributed by atoms with Gasteiger partial charge in [-0.05, 0) is 19.8 Å². The van der Waals surface area contributed by atoms with Crippen LogP contribution in [0, 0.1) is 12.3 Å². The fraction of sp³-hybridized carbons (Fsp3) is 0.727. The molecular formula is C11H16ClNOS. The smallest absolute Gasteiger partial charge is 0.0934 e. The van der Waals surface area contributed by atoms with Crippen molar-refractivity contribution in [3.05, 3.63) is 16.1 Å². The zero-order valence-electron chi connectivity index (χ0n) is 8.96. The highest BCUT2D eigenvalue weighted by Crippen LogP contribution is 2.34. The van der Waals surface area contributed by atoms with Crippen molar-refractivity contribution in [2.24, 2.45) is 5.41 Å². The molecule has 0 radical (unpaired) electrons. The van der Waals surface area contributed by atoms with Crippen LogP contribution in [-0.4, -0.2) is 24.1 Å². The van der Waals surface area contributed by atoms with Gasteiger partial charge in [0.2, 0.25) is 0 Å². The third kappa shape index (κ3) is 2.71. The Morgan fingerprint density at radius 1 is 1.67 bits per heavy atom. The predicted octanol–water partition coefficient (Wildman–Crippen LogP) is 3.03. The van der Waals surface area contributed by atoms with E-state index in [0.29, 0.717) is 5.88 Å². The molecule has 15 heavy (non-hydrogen) atoms. The first-order valence-corrected chi connectivity index (χ1v) is 6.70. The van der Waals surface area contributed by atoms with Crippen molar-refractivity contribution in [1.29, 1.82) is 0 Å². The van der Waals surface area contributed by atoms with Gasteiger partial charge in [0, 0.05) is 35.4 Å². The van der Waals surface area contributed by atoms with E-state index >= 15 is 0 Å². The summed E-state index contributed by atoms with van der Waals surface area (Å²) in [5.41, 5.74) is 1.24. The predicted molar refractivity (Wildman–Crippen MR) is 63.8 cm³/mol. The molecule has 1 fully saturated rings. The molecule has 1 aliphatic heterocycles. The van der Waals surface area contributed by atoms with Crippen molar-refractivity contribution in [3.8, 4) is 0 Å². The Morgan fingerprint density at radius 2 is 2.53 bits per heavy atom. The Morgan fingerprint density at radius 3 is 3.07 bits per heavy atom. The van der Waals surface area contributed by atoms with Crippen molar-refractivity contribution in [1.82, 2.24) is 4.98 Å². The van der Waals surface area contributed by atoms with Crippen LogP contribution in [0.1, 0.15) is 23.5 Å². The molecule has 0 bridgehead atoms. The molecule has 1 aromatic heterocycles. The SMILES string of the molecule is Cc1csc(CC2(CCl)CCCOC2)n1. The summed E-state index contributed by atoms with van der Waals surface area (Å²) in [5.74, 6) is 0.672. The zero-order chi connectivity index (χ0) is 10.7. The second-order valence-electron chi connectivity index (χ2n) is 4.35. The van der Waals surface area contributed by atoms with E-state index in [4.69, 9.17) is 16.3 Å². The molecule has 1 aromatic rings. The summed E-state index contributed by atoms with van der Waals surface area (Å²) in [4.78, 5) is 4.50. The lowest BCUT2D eigenvalue weighted by Gasteiger charge is -2.34.